The van der Waals surface area contributed by atoms with Crippen molar-refractivity contribution >= 4 is 11.6 Å². The molecule has 1 amide bonds. The summed E-state index contributed by atoms with van der Waals surface area (Å²) in [5, 5.41) is 0. The summed E-state index contributed by atoms with van der Waals surface area (Å²) in [6.45, 7) is 5.55. The van der Waals surface area contributed by atoms with Crippen LogP contribution in [0.25, 0.3) is 0 Å². The van der Waals surface area contributed by atoms with Crippen LogP contribution in [0.4, 0.5) is 5.69 Å². The second-order valence-electron chi connectivity index (χ2n) is 5.36. The Balaban J connectivity index is 2.13. The Labute approximate surface area is 114 Å². The van der Waals surface area contributed by atoms with E-state index in [1.807, 2.05) is 24.0 Å². The molecule has 2 unspecified atom stereocenters. The second-order valence-corrected chi connectivity index (χ2v) is 5.36. The molecule has 2 rings (SSSR count). The first-order valence-electron chi connectivity index (χ1n) is 6.71. The second kappa shape index (κ2) is 5.61. The van der Waals surface area contributed by atoms with Gasteiger partial charge >= 0.3 is 0 Å². The third-order valence-corrected chi connectivity index (χ3v) is 4.01. The molecule has 2 N–H and O–H groups in total. The summed E-state index contributed by atoms with van der Waals surface area (Å²) in [7, 11) is 1.71. The Bertz CT molecular complexity index is 473. The van der Waals surface area contributed by atoms with Crippen LogP contribution in [0, 0.1) is 12.8 Å². The van der Waals surface area contributed by atoms with Crippen molar-refractivity contribution in [2.24, 2.45) is 5.92 Å². The van der Waals surface area contributed by atoms with Crippen LogP contribution in [0.15, 0.2) is 18.2 Å². The summed E-state index contributed by atoms with van der Waals surface area (Å²) < 4.78 is 5.44. The van der Waals surface area contributed by atoms with Gasteiger partial charge in [0.25, 0.3) is 5.91 Å². The van der Waals surface area contributed by atoms with E-state index in [1.54, 1.807) is 13.2 Å². The van der Waals surface area contributed by atoms with Crippen molar-refractivity contribution in [2.75, 3.05) is 25.9 Å². The summed E-state index contributed by atoms with van der Waals surface area (Å²) >= 11 is 0. The average Bonchev–Trinajstić information content (AvgIpc) is 2.41. The van der Waals surface area contributed by atoms with E-state index in [2.05, 4.69) is 6.92 Å². The molecule has 0 spiro atoms. The molecule has 1 aliphatic rings. The van der Waals surface area contributed by atoms with Crippen LogP contribution < -0.4 is 5.73 Å². The molecule has 1 heterocycles. The van der Waals surface area contributed by atoms with Gasteiger partial charge in [0.2, 0.25) is 0 Å². The summed E-state index contributed by atoms with van der Waals surface area (Å²) in [6, 6.07) is 5.49. The van der Waals surface area contributed by atoms with Gasteiger partial charge in [0.05, 0.1) is 6.10 Å². The molecule has 0 aliphatic carbocycles. The molecule has 0 bridgehead atoms. The zero-order chi connectivity index (χ0) is 14.0. The van der Waals surface area contributed by atoms with Crippen LogP contribution in [-0.2, 0) is 4.74 Å². The van der Waals surface area contributed by atoms with Gasteiger partial charge in [-0.3, -0.25) is 4.79 Å². The Hall–Kier alpha value is -1.55. The number of ether oxygens (including phenoxy) is 1. The number of hydrogen-bond donors (Lipinski definition) is 1. The van der Waals surface area contributed by atoms with Crippen molar-refractivity contribution in [3.63, 3.8) is 0 Å². The lowest BCUT2D eigenvalue weighted by atomic mass is 9.95. The molecular weight excluding hydrogens is 240 g/mol. The number of likely N-dealkylation sites (tertiary alicyclic amines) is 1. The summed E-state index contributed by atoms with van der Waals surface area (Å²) in [4.78, 5) is 14.3. The monoisotopic (exact) mass is 262 g/mol. The maximum absolute atomic E-state index is 12.4. The van der Waals surface area contributed by atoms with Gasteiger partial charge in [0.15, 0.2) is 0 Å². The molecule has 1 aromatic rings. The number of benzene rings is 1. The number of nitrogens with zero attached hydrogens (tertiary/aromatic N) is 1. The van der Waals surface area contributed by atoms with Crippen molar-refractivity contribution in [3.05, 3.63) is 29.3 Å². The normalized spacial score (nSPS) is 23.4. The zero-order valence-corrected chi connectivity index (χ0v) is 11.8. The molecule has 1 fully saturated rings. The van der Waals surface area contributed by atoms with Crippen molar-refractivity contribution < 1.29 is 9.53 Å². The first kappa shape index (κ1) is 13.9. The minimum atomic E-state index is 0.0423. The predicted molar refractivity (Wildman–Crippen MR) is 76.1 cm³/mol. The van der Waals surface area contributed by atoms with Crippen molar-refractivity contribution in [3.8, 4) is 0 Å². The number of rotatable bonds is 2. The molecule has 4 nitrogen and oxygen atoms in total. The summed E-state index contributed by atoms with van der Waals surface area (Å²) in [5.74, 6) is 0.540. The van der Waals surface area contributed by atoms with Crippen LogP contribution >= 0.6 is 0 Å². The molecule has 1 saturated heterocycles. The predicted octanol–water partition coefficient (Wildman–Crippen LogP) is 2.07. The van der Waals surface area contributed by atoms with Gasteiger partial charge in [0.1, 0.15) is 0 Å². The van der Waals surface area contributed by atoms with Gasteiger partial charge in [-0.25, -0.2) is 0 Å². The van der Waals surface area contributed by atoms with Gasteiger partial charge in [-0.05, 0) is 37.0 Å². The topological polar surface area (TPSA) is 55.6 Å². The highest BCUT2D eigenvalue weighted by molar-refractivity contribution is 5.95. The third-order valence-electron chi connectivity index (χ3n) is 4.01. The first-order chi connectivity index (χ1) is 9.02. The zero-order valence-electron chi connectivity index (χ0n) is 11.8. The highest BCUT2D eigenvalue weighted by atomic mass is 16.5. The number of aryl methyl sites for hydroxylation is 1. The van der Waals surface area contributed by atoms with E-state index in [1.165, 1.54) is 0 Å². The lowest BCUT2D eigenvalue weighted by molar-refractivity contribution is -0.00156. The van der Waals surface area contributed by atoms with Gasteiger partial charge in [-0.2, -0.15) is 0 Å². The van der Waals surface area contributed by atoms with Crippen LogP contribution in [0.1, 0.15) is 29.3 Å². The molecule has 1 aromatic carbocycles. The minimum Gasteiger partial charge on any atom is -0.398 e. The standard InChI is InChI=1S/C15H22N2O2/c1-10-4-5-12(8-13(10)16)15(18)17-7-6-11(2)14(9-17)19-3/h4-5,8,11,14H,6-7,9,16H2,1-3H3. The van der Waals surface area contributed by atoms with Crippen molar-refractivity contribution in [2.45, 2.75) is 26.4 Å². The molecule has 4 heteroatoms. The first-order valence-corrected chi connectivity index (χ1v) is 6.71. The summed E-state index contributed by atoms with van der Waals surface area (Å²) in [5.41, 5.74) is 8.19. The fourth-order valence-electron chi connectivity index (χ4n) is 2.48. The Kier molecular flexibility index (Phi) is 4.10. The Morgan fingerprint density at radius 1 is 1.47 bits per heavy atom. The highest BCUT2D eigenvalue weighted by Gasteiger charge is 2.29. The SMILES string of the molecule is COC1CN(C(=O)c2ccc(C)c(N)c2)CCC1C. The molecule has 19 heavy (non-hydrogen) atoms. The number of carbonyl (C=O) groups is 1. The molecule has 104 valence electrons. The van der Waals surface area contributed by atoms with Gasteiger partial charge in [-0.15, -0.1) is 0 Å². The molecule has 0 saturated carbocycles. The maximum atomic E-state index is 12.4. The van der Waals surface area contributed by atoms with E-state index >= 15 is 0 Å². The van der Waals surface area contributed by atoms with Crippen LogP contribution in [0.2, 0.25) is 0 Å². The third kappa shape index (κ3) is 2.89. The quantitative estimate of drug-likeness (QED) is 0.830. The fourth-order valence-corrected chi connectivity index (χ4v) is 2.48. The molecular formula is C15H22N2O2. The minimum absolute atomic E-state index is 0.0423. The number of methoxy groups -OCH3 is 1. The molecule has 2 atom stereocenters. The van der Waals surface area contributed by atoms with E-state index in [-0.39, 0.29) is 12.0 Å². The summed E-state index contributed by atoms with van der Waals surface area (Å²) in [6.07, 6.45) is 1.10. The molecule has 1 aliphatic heterocycles. The fraction of sp³-hybridized carbons (Fsp3) is 0.533. The smallest absolute Gasteiger partial charge is 0.254 e. The number of piperidine rings is 1. The van der Waals surface area contributed by atoms with E-state index < -0.39 is 0 Å². The van der Waals surface area contributed by atoms with Gasteiger partial charge in [-0.1, -0.05) is 13.0 Å². The Morgan fingerprint density at radius 2 is 2.21 bits per heavy atom. The Morgan fingerprint density at radius 3 is 2.84 bits per heavy atom. The number of nitrogens with two attached hydrogens (primary N) is 1. The number of hydrogen-bond acceptors (Lipinski definition) is 3. The number of carbonyl (C=O) groups excluding carboxylic acids is 1. The van der Waals surface area contributed by atoms with Crippen LogP contribution in [0.3, 0.4) is 0 Å². The van der Waals surface area contributed by atoms with Crippen LogP contribution in [0.5, 0.6) is 0 Å². The maximum Gasteiger partial charge on any atom is 0.254 e. The van der Waals surface area contributed by atoms with Gasteiger partial charge < -0.3 is 15.4 Å². The highest BCUT2D eigenvalue weighted by Crippen LogP contribution is 2.22. The van der Waals surface area contributed by atoms with E-state index in [0.717, 1.165) is 18.5 Å². The van der Waals surface area contributed by atoms with E-state index in [9.17, 15) is 4.79 Å². The van der Waals surface area contributed by atoms with E-state index in [4.69, 9.17) is 10.5 Å². The number of amides is 1. The largest absolute Gasteiger partial charge is 0.398 e. The van der Waals surface area contributed by atoms with Gasteiger partial charge in [0, 0.05) is 31.5 Å². The lowest BCUT2D eigenvalue weighted by Crippen LogP contribution is -2.46. The molecule has 0 radical (unpaired) electrons. The van der Waals surface area contributed by atoms with Crippen LogP contribution in [-0.4, -0.2) is 37.1 Å². The van der Waals surface area contributed by atoms with Crippen molar-refractivity contribution in [1.82, 2.24) is 4.90 Å². The average molecular weight is 262 g/mol. The number of nitrogen functional groups attached to an aromatic ring is 1. The lowest BCUT2D eigenvalue weighted by Gasteiger charge is -2.36. The number of anilines is 1. The molecule has 0 aromatic heterocycles. The van der Waals surface area contributed by atoms with E-state index in [0.29, 0.717) is 23.7 Å². The van der Waals surface area contributed by atoms with Crippen molar-refractivity contribution in [1.29, 1.82) is 0 Å².